The molecule has 2 aromatic heterocycles. The van der Waals surface area contributed by atoms with Crippen LogP contribution in [0.3, 0.4) is 0 Å². The van der Waals surface area contributed by atoms with E-state index in [9.17, 15) is 22.8 Å². The number of benzene rings is 1. The predicted octanol–water partition coefficient (Wildman–Crippen LogP) is 2.72. The van der Waals surface area contributed by atoms with Crippen LogP contribution in [0.5, 0.6) is 5.75 Å². The minimum Gasteiger partial charge on any atom is -0.483 e. The number of urea groups is 1. The molecule has 14 heteroatoms. The molecule has 0 aliphatic carbocycles. The van der Waals surface area contributed by atoms with Gasteiger partial charge in [0.1, 0.15) is 17.7 Å². The number of carbonyl (C=O) groups is 2. The van der Waals surface area contributed by atoms with Gasteiger partial charge in [0, 0.05) is 37.4 Å². The van der Waals surface area contributed by atoms with Crippen LogP contribution in [0.1, 0.15) is 23.6 Å². The fourth-order valence-electron chi connectivity index (χ4n) is 4.60. The average Bonchev–Trinajstić information content (AvgIpc) is 3.44. The number of likely N-dealkylation sites (tertiary alicyclic amines) is 1. The molecule has 204 valence electrons. The number of halogens is 3. The maximum atomic E-state index is 14.6. The van der Waals surface area contributed by atoms with E-state index in [1.54, 1.807) is 18.7 Å². The third kappa shape index (κ3) is 5.22. The highest BCUT2D eigenvalue weighted by Gasteiger charge is 2.39. The molecule has 4 heterocycles. The summed E-state index contributed by atoms with van der Waals surface area (Å²) in [5.74, 6) is -2.29. The Morgan fingerprint density at radius 1 is 1.15 bits per heavy atom. The van der Waals surface area contributed by atoms with Crippen molar-refractivity contribution in [3.05, 3.63) is 59.0 Å². The number of nitrogens with one attached hydrogen (secondary N) is 1. The normalized spacial score (nSPS) is 16.9. The Morgan fingerprint density at radius 3 is 2.56 bits per heavy atom. The van der Waals surface area contributed by atoms with Crippen LogP contribution < -0.4 is 15.8 Å². The summed E-state index contributed by atoms with van der Waals surface area (Å²) in [6.07, 6.45) is 2.38. The Balaban J connectivity index is 1.25. The molecule has 0 spiro atoms. The minimum absolute atomic E-state index is 0.0448. The summed E-state index contributed by atoms with van der Waals surface area (Å²) in [6.45, 7) is 2.01. The predicted molar refractivity (Wildman–Crippen MR) is 134 cm³/mol. The molecule has 3 amide bonds. The van der Waals surface area contributed by atoms with Gasteiger partial charge in [-0.05, 0) is 24.6 Å². The zero-order chi connectivity index (χ0) is 27.8. The lowest BCUT2D eigenvalue weighted by molar-refractivity contribution is -0.116. The van der Waals surface area contributed by atoms with Crippen LogP contribution in [0.4, 0.5) is 23.8 Å². The highest BCUT2D eigenvalue weighted by Crippen LogP contribution is 2.33. The number of rotatable bonds is 7. The van der Waals surface area contributed by atoms with E-state index in [0.29, 0.717) is 34.8 Å². The topological polar surface area (TPSA) is 131 Å². The van der Waals surface area contributed by atoms with Crippen molar-refractivity contribution in [3.8, 4) is 17.1 Å². The molecule has 2 aliphatic rings. The number of nitrogens with two attached hydrogens (primary N) is 1. The largest absolute Gasteiger partial charge is 0.483 e. The number of carbonyl (C=O) groups excluding carboxylic acids is 2. The molecule has 0 unspecified atom stereocenters. The molecule has 11 nitrogen and oxygen atoms in total. The number of anilines is 1. The summed E-state index contributed by atoms with van der Waals surface area (Å²) in [7, 11) is 1.69. The Kier molecular flexibility index (Phi) is 6.85. The maximum Gasteiger partial charge on any atom is 0.341 e. The van der Waals surface area contributed by atoms with E-state index < -0.39 is 41.5 Å². The van der Waals surface area contributed by atoms with Crippen molar-refractivity contribution in [2.24, 2.45) is 17.9 Å². The summed E-state index contributed by atoms with van der Waals surface area (Å²) in [4.78, 5) is 29.7. The van der Waals surface area contributed by atoms with Crippen molar-refractivity contribution >= 4 is 24.0 Å². The SMILES string of the molecule is Cc1c(NCC(N)=O)nn(C)c1-c1cc(OC2CN(C(=O)N3N=CC[C@H]3c3cc(F)cc(F)c3)C2)c(F)cn1. The lowest BCUT2D eigenvalue weighted by Gasteiger charge is -2.41. The van der Waals surface area contributed by atoms with Gasteiger partial charge in [0.15, 0.2) is 17.4 Å². The van der Waals surface area contributed by atoms with E-state index >= 15 is 0 Å². The molecule has 5 rings (SSSR count). The molecule has 1 atom stereocenters. The zero-order valence-corrected chi connectivity index (χ0v) is 21.1. The summed E-state index contributed by atoms with van der Waals surface area (Å²) < 4.78 is 49.4. The molecule has 39 heavy (non-hydrogen) atoms. The van der Waals surface area contributed by atoms with E-state index in [4.69, 9.17) is 10.5 Å². The number of hydrogen-bond acceptors (Lipinski definition) is 7. The van der Waals surface area contributed by atoms with Crippen molar-refractivity contribution in [2.75, 3.05) is 25.0 Å². The lowest BCUT2D eigenvalue weighted by atomic mass is 10.0. The molecule has 0 saturated carbocycles. The standard InChI is InChI=1S/C25H25F3N8O3/c1-13-23(34(2)33-24(13)31-10-22(29)37)19-8-21(18(28)9-30-19)39-17-11-35(12-17)25(38)36-20(3-4-32-36)14-5-15(26)7-16(27)6-14/h4-9,17,20H,3,10-12H2,1-2H3,(H2,29,37)(H,31,33)/t20-/m0/s1. The summed E-state index contributed by atoms with van der Waals surface area (Å²) in [5.41, 5.74) is 7.16. The number of ether oxygens (including phenoxy) is 1. The molecular formula is C25H25F3N8O3. The molecule has 0 bridgehead atoms. The van der Waals surface area contributed by atoms with Gasteiger partial charge in [0.2, 0.25) is 5.91 Å². The first kappa shape index (κ1) is 26.0. The summed E-state index contributed by atoms with van der Waals surface area (Å²) >= 11 is 0. The third-order valence-corrected chi connectivity index (χ3v) is 6.48. The zero-order valence-electron chi connectivity index (χ0n) is 21.1. The van der Waals surface area contributed by atoms with Crippen molar-refractivity contribution < 1.29 is 27.5 Å². The van der Waals surface area contributed by atoms with E-state index in [2.05, 4.69) is 20.5 Å². The lowest BCUT2D eigenvalue weighted by Crippen LogP contribution is -2.58. The first-order chi connectivity index (χ1) is 18.6. The van der Waals surface area contributed by atoms with Crippen LogP contribution in [-0.2, 0) is 11.8 Å². The first-order valence-electron chi connectivity index (χ1n) is 12.1. The number of aryl methyl sites for hydroxylation is 1. The van der Waals surface area contributed by atoms with Crippen LogP contribution >= 0.6 is 0 Å². The molecule has 2 aliphatic heterocycles. The second kappa shape index (κ2) is 10.3. The number of hydrazone groups is 1. The monoisotopic (exact) mass is 542 g/mol. The Hall–Kier alpha value is -4.62. The van der Waals surface area contributed by atoms with Gasteiger partial charge in [-0.2, -0.15) is 10.2 Å². The van der Waals surface area contributed by atoms with Crippen LogP contribution in [0, 0.1) is 24.4 Å². The molecule has 0 radical (unpaired) electrons. The van der Waals surface area contributed by atoms with Crippen LogP contribution in [0.2, 0.25) is 0 Å². The fourth-order valence-corrected chi connectivity index (χ4v) is 4.60. The van der Waals surface area contributed by atoms with Gasteiger partial charge in [-0.1, -0.05) is 0 Å². The van der Waals surface area contributed by atoms with Crippen LogP contribution in [-0.4, -0.2) is 68.6 Å². The summed E-state index contributed by atoms with van der Waals surface area (Å²) in [6, 6.07) is 3.48. The smallest absolute Gasteiger partial charge is 0.341 e. The van der Waals surface area contributed by atoms with Gasteiger partial charge in [0.25, 0.3) is 0 Å². The maximum absolute atomic E-state index is 14.6. The fraction of sp³-hybridized carbons (Fsp3) is 0.320. The van der Waals surface area contributed by atoms with Gasteiger partial charge in [0.05, 0.1) is 43.3 Å². The van der Waals surface area contributed by atoms with Gasteiger partial charge in [-0.25, -0.2) is 23.0 Å². The number of pyridine rings is 1. The van der Waals surface area contributed by atoms with E-state index in [-0.39, 0.29) is 25.4 Å². The highest BCUT2D eigenvalue weighted by molar-refractivity contribution is 5.80. The highest BCUT2D eigenvalue weighted by atomic mass is 19.1. The van der Waals surface area contributed by atoms with E-state index in [1.807, 2.05) is 0 Å². The van der Waals surface area contributed by atoms with Gasteiger partial charge in [-0.3, -0.25) is 14.5 Å². The molecule has 3 N–H and O–H groups in total. The Morgan fingerprint density at radius 2 is 1.87 bits per heavy atom. The van der Waals surface area contributed by atoms with E-state index in [0.717, 1.165) is 12.3 Å². The average molecular weight is 543 g/mol. The minimum atomic E-state index is -0.736. The van der Waals surface area contributed by atoms with Gasteiger partial charge in [-0.15, -0.1) is 0 Å². The van der Waals surface area contributed by atoms with Crippen LogP contribution in [0.15, 0.2) is 35.6 Å². The summed E-state index contributed by atoms with van der Waals surface area (Å²) in [5, 5.41) is 12.4. The second-order valence-electron chi connectivity index (χ2n) is 9.29. The van der Waals surface area contributed by atoms with Crippen molar-refractivity contribution in [3.63, 3.8) is 0 Å². The Bertz CT molecular complexity index is 1450. The first-order valence-corrected chi connectivity index (χ1v) is 12.1. The number of primary amides is 1. The van der Waals surface area contributed by atoms with Gasteiger partial charge < -0.3 is 20.7 Å². The van der Waals surface area contributed by atoms with E-state index in [1.165, 1.54) is 34.3 Å². The molecular weight excluding hydrogens is 517 g/mol. The molecule has 1 saturated heterocycles. The number of aromatic nitrogens is 3. The van der Waals surface area contributed by atoms with Crippen molar-refractivity contribution in [1.82, 2.24) is 24.7 Å². The molecule has 1 fully saturated rings. The number of nitrogens with zero attached hydrogens (tertiary/aromatic N) is 6. The van der Waals surface area contributed by atoms with Gasteiger partial charge >= 0.3 is 6.03 Å². The second-order valence-corrected chi connectivity index (χ2v) is 9.29. The van der Waals surface area contributed by atoms with Crippen molar-refractivity contribution in [2.45, 2.75) is 25.5 Å². The quantitative estimate of drug-likeness (QED) is 0.472. The molecule has 1 aromatic carbocycles. The van der Waals surface area contributed by atoms with Crippen LogP contribution in [0.25, 0.3) is 11.4 Å². The molecule has 3 aromatic rings. The Labute approximate surface area is 221 Å². The number of amides is 3. The third-order valence-electron chi connectivity index (χ3n) is 6.48. The number of hydrogen-bond donors (Lipinski definition) is 2. The van der Waals surface area contributed by atoms with Crippen molar-refractivity contribution in [1.29, 1.82) is 0 Å².